The number of fused-ring (bicyclic) bond motifs is 3. The molecule has 2 aliphatic rings. The van der Waals surface area contributed by atoms with Crippen molar-refractivity contribution in [1.29, 1.82) is 0 Å². The van der Waals surface area contributed by atoms with Crippen LogP contribution in [0.4, 0.5) is 0 Å². The fourth-order valence-corrected chi connectivity index (χ4v) is 4.87. The zero-order valence-corrected chi connectivity index (χ0v) is 14.8. The molecule has 0 spiro atoms. The molecule has 4 rings (SSSR count). The lowest BCUT2D eigenvalue weighted by Crippen LogP contribution is -2.37. The molecule has 1 saturated heterocycles. The second-order valence-corrected chi connectivity index (χ2v) is 12.8. The van der Waals surface area contributed by atoms with Gasteiger partial charge in [0.05, 0.1) is 25.5 Å². The molecule has 1 atom stereocenters. The first-order chi connectivity index (χ1) is 10.5. The molecule has 22 heavy (non-hydrogen) atoms. The molecule has 0 unspecified atom stereocenters. The number of nitrogens with zero attached hydrogens (tertiary/aromatic N) is 1. The number of hydrogen-bond donors (Lipinski definition) is 2. The van der Waals surface area contributed by atoms with E-state index in [-0.39, 0.29) is 0 Å². The Hall–Kier alpha value is -1.39. The molecule has 0 saturated carbocycles. The fraction of sp³-hybridized carbons (Fsp3) is 0.500. The van der Waals surface area contributed by atoms with Gasteiger partial charge in [-0.2, -0.15) is 0 Å². The van der Waals surface area contributed by atoms with Gasteiger partial charge in [0.25, 0.3) is 0 Å². The summed E-state index contributed by atoms with van der Waals surface area (Å²) < 4.78 is 0. The van der Waals surface area contributed by atoms with Gasteiger partial charge in [0.15, 0.2) is 0 Å². The van der Waals surface area contributed by atoms with Crippen LogP contribution in [0, 0.1) is 0 Å². The first kappa shape index (κ1) is 14.2. The van der Waals surface area contributed by atoms with Crippen LogP contribution in [0.3, 0.4) is 0 Å². The van der Waals surface area contributed by atoms with Gasteiger partial charge in [-0.1, -0.05) is 43.0 Å². The maximum atomic E-state index is 4.89. The van der Waals surface area contributed by atoms with Gasteiger partial charge in [-0.05, 0) is 37.8 Å². The maximum Gasteiger partial charge on any atom is 0.124 e. The van der Waals surface area contributed by atoms with Gasteiger partial charge < -0.3 is 10.3 Å². The summed E-state index contributed by atoms with van der Waals surface area (Å²) in [4.78, 5) is 8.52. The highest BCUT2D eigenvalue weighted by Gasteiger charge is 2.26. The second-order valence-electron chi connectivity index (χ2n) is 7.71. The Morgan fingerprint density at radius 3 is 2.77 bits per heavy atom. The van der Waals surface area contributed by atoms with Crippen LogP contribution in [0.25, 0.3) is 11.3 Å². The van der Waals surface area contributed by atoms with Crippen molar-refractivity contribution in [3.05, 3.63) is 35.3 Å². The van der Waals surface area contributed by atoms with Gasteiger partial charge in [-0.3, -0.25) is 0 Å². The minimum absolute atomic E-state index is 0.426. The number of hydrogen-bond acceptors (Lipinski definition) is 2. The van der Waals surface area contributed by atoms with Crippen LogP contribution in [-0.2, 0) is 12.8 Å². The molecule has 1 aromatic carbocycles. The molecule has 2 aromatic rings. The van der Waals surface area contributed by atoms with E-state index >= 15 is 0 Å². The Morgan fingerprint density at radius 1 is 1.18 bits per heavy atom. The Bertz CT molecular complexity index is 706. The topological polar surface area (TPSA) is 40.7 Å². The third-order valence-electron chi connectivity index (χ3n) is 5.06. The van der Waals surface area contributed by atoms with E-state index in [1.54, 1.807) is 5.19 Å². The summed E-state index contributed by atoms with van der Waals surface area (Å²) in [7, 11) is -1.24. The van der Waals surface area contributed by atoms with Crippen LogP contribution < -0.4 is 10.5 Å². The van der Waals surface area contributed by atoms with Crippen LogP contribution in [0.5, 0.6) is 0 Å². The van der Waals surface area contributed by atoms with Crippen molar-refractivity contribution in [1.82, 2.24) is 15.3 Å². The van der Waals surface area contributed by atoms with E-state index in [1.807, 2.05) is 0 Å². The molecular weight excluding hydrogens is 286 g/mol. The van der Waals surface area contributed by atoms with Crippen molar-refractivity contribution in [2.45, 2.75) is 51.4 Å². The van der Waals surface area contributed by atoms with Gasteiger partial charge in [0.2, 0.25) is 0 Å². The lowest BCUT2D eigenvalue weighted by molar-refractivity contribution is 0.611. The first-order valence-corrected chi connectivity index (χ1v) is 12.0. The summed E-state index contributed by atoms with van der Waals surface area (Å²) in [6.07, 6.45) is 4.66. The van der Waals surface area contributed by atoms with Crippen molar-refractivity contribution < 1.29 is 0 Å². The number of rotatable bonds is 2. The van der Waals surface area contributed by atoms with Crippen molar-refractivity contribution >= 4 is 13.3 Å². The molecule has 0 radical (unpaired) electrons. The number of H-pyrrole nitrogens is 1. The SMILES string of the molecule is C[Si](C)(C)c1ccc2c(c1)CCc1nc([C@@H]3CCCN3)[nH]c1-2. The zero-order chi connectivity index (χ0) is 15.3. The predicted octanol–water partition coefficient (Wildman–Crippen LogP) is 3.15. The molecule has 2 heterocycles. The summed E-state index contributed by atoms with van der Waals surface area (Å²) in [6, 6.07) is 7.55. The van der Waals surface area contributed by atoms with Gasteiger partial charge >= 0.3 is 0 Å². The lowest BCUT2D eigenvalue weighted by atomic mass is 9.92. The van der Waals surface area contributed by atoms with Gasteiger partial charge in [0, 0.05) is 5.56 Å². The lowest BCUT2D eigenvalue weighted by Gasteiger charge is -2.21. The molecule has 116 valence electrons. The van der Waals surface area contributed by atoms with E-state index < -0.39 is 8.07 Å². The highest BCUT2D eigenvalue weighted by molar-refractivity contribution is 6.88. The number of nitrogens with one attached hydrogen (secondary N) is 2. The van der Waals surface area contributed by atoms with E-state index in [9.17, 15) is 0 Å². The summed E-state index contributed by atoms with van der Waals surface area (Å²) in [6.45, 7) is 8.38. The summed E-state index contributed by atoms with van der Waals surface area (Å²) in [5.41, 5.74) is 5.41. The normalized spacial score (nSPS) is 20.8. The smallest absolute Gasteiger partial charge is 0.124 e. The maximum absolute atomic E-state index is 4.89. The average Bonchev–Trinajstić information content (AvgIpc) is 3.14. The number of aryl methyl sites for hydroxylation is 2. The molecule has 0 bridgehead atoms. The standard InChI is InChI=1S/C18H25N3Si/c1-22(2,3)13-7-8-14-12(11-13)6-9-15-17(14)21-18(20-15)16-5-4-10-19-16/h7-8,11,16,19H,4-6,9-10H2,1-3H3,(H,20,21)/t16-/m0/s1. The van der Waals surface area contributed by atoms with Crippen molar-refractivity contribution in [3.8, 4) is 11.3 Å². The minimum atomic E-state index is -1.24. The number of aromatic nitrogens is 2. The molecule has 3 nitrogen and oxygen atoms in total. The van der Waals surface area contributed by atoms with Crippen LogP contribution in [0.1, 0.15) is 36.0 Å². The summed E-state index contributed by atoms with van der Waals surface area (Å²) >= 11 is 0. The van der Waals surface area contributed by atoms with E-state index in [1.165, 1.54) is 35.4 Å². The Labute approximate surface area is 133 Å². The van der Waals surface area contributed by atoms with E-state index in [0.29, 0.717) is 6.04 Å². The first-order valence-electron chi connectivity index (χ1n) is 8.48. The molecule has 1 fully saturated rings. The average molecular weight is 312 g/mol. The molecule has 1 aliphatic heterocycles. The summed E-state index contributed by atoms with van der Waals surface area (Å²) in [5, 5.41) is 5.11. The van der Waals surface area contributed by atoms with Crippen LogP contribution in [-0.4, -0.2) is 24.6 Å². The van der Waals surface area contributed by atoms with Crippen molar-refractivity contribution in [3.63, 3.8) is 0 Å². The largest absolute Gasteiger partial charge is 0.340 e. The van der Waals surface area contributed by atoms with Crippen LogP contribution >= 0.6 is 0 Å². The monoisotopic (exact) mass is 311 g/mol. The van der Waals surface area contributed by atoms with Crippen LogP contribution in [0.2, 0.25) is 19.6 Å². The third kappa shape index (κ3) is 2.34. The second kappa shape index (κ2) is 5.07. The van der Waals surface area contributed by atoms with Gasteiger partial charge in [0.1, 0.15) is 5.82 Å². The number of benzene rings is 1. The molecule has 0 amide bonds. The van der Waals surface area contributed by atoms with Crippen LogP contribution in [0.15, 0.2) is 18.2 Å². The number of aromatic amines is 1. The molecule has 1 aliphatic carbocycles. The minimum Gasteiger partial charge on any atom is -0.340 e. The number of imidazole rings is 1. The zero-order valence-electron chi connectivity index (χ0n) is 13.8. The fourth-order valence-electron chi connectivity index (χ4n) is 3.68. The quantitative estimate of drug-likeness (QED) is 0.837. The van der Waals surface area contributed by atoms with Crippen molar-refractivity contribution in [2.75, 3.05) is 6.54 Å². The third-order valence-corrected chi connectivity index (χ3v) is 7.10. The molecular formula is C18H25N3Si. The van der Waals surface area contributed by atoms with E-state index in [0.717, 1.165) is 25.2 Å². The molecule has 2 N–H and O–H groups in total. The highest BCUT2D eigenvalue weighted by atomic mass is 28.3. The van der Waals surface area contributed by atoms with E-state index in [2.05, 4.69) is 48.1 Å². The molecule has 1 aromatic heterocycles. The summed E-state index contributed by atoms with van der Waals surface area (Å²) in [5.74, 6) is 1.14. The van der Waals surface area contributed by atoms with E-state index in [4.69, 9.17) is 4.98 Å². The van der Waals surface area contributed by atoms with Gasteiger partial charge in [-0.25, -0.2) is 4.98 Å². The Balaban J connectivity index is 1.74. The molecule has 4 heteroatoms. The highest BCUT2D eigenvalue weighted by Crippen LogP contribution is 2.33. The predicted molar refractivity (Wildman–Crippen MR) is 94.4 cm³/mol. The Morgan fingerprint density at radius 2 is 2.05 bits per heavy atom. The van der Waals surface area contributed by atoms with Gasteiger partial charge in [-0.15, -0.1) is 0 Å². The Kier molecular flexibility index (Phi) is 3.27. The van der Waals surface area contributed by atoms with Crippen molar-refractivity contribution in [2.24, 2.45) is 0 Å².